The molecule has 8 heteroatoms. The van der Waals surface area contributed by atoms with Crippen molar-refractivity contribution in [1.29, 1.82) is 0 Å². The van der Waals surface area contributed by atoms with E-state index in [0.717, 1.165) is 38.6 Å². The molecule has 0 unspecified atom stereocenters. The first-order valence-electron chi connectivity index (χ1n) is 8.93. The number of hydrogen-bond acceptors (Lipinski definition) is 4. The van der Waals surface area contributed by atoms with E-state index in [2.05, 4.69) is 33.1 Å². The molecule has 0 fully saturated rings. The number of nitrogens with zero attached hydrogens (tertiary/aromatic N) is 2. The molecule has 1 amide bonds. The van der Waals surface area contributed by atoms with E-state index >= 15 is 0 Å². The fourth-order valence-electron chi connectivity index (χ4n) is 2.06. The minimum absolute atomic E-state index is 0.0331. The largest absolute Gasteiger partial charge is 0.370 e. The highest BCUT2D eigenvalue weighted by Gasteiger charge is 2.01. The first-order chi connectivity index (χ1) is 11.6. The van der Waals surface area contributed by atoms with Crippen molar-refractivity contribution in [3.05, 3.63) is 0 Å². The van der Waals surface area contributed by atoms with Crippen molar-refractivity contribution in [3.8, 4) is 0 Å². The summed E-state index contributed by atoms with van der Waals surface area (Å²) in [7, 11) is 1.92. The molecule has 0 bridgehead atoms. The molecule has 0 saturated heterocycles. The summed E-state index contributed by atoms with van der Waals surface area (Å²) in [6, 6.07) is 0. The molecule has 0 atom stereocenters. The maximum atomic E-state index is 11.6. The van der Waals surface area contributed by atoms with Crippen molar-refractivity contribution in [1.82, 2.24) is 16.1 Å². The van der Waals surface area contributed by atoms with Gasteiger partial charge in [-0.1, -0.05) is 39.0 Å². The van der Waals surface area contributed by atoms with Crippen molar-refractivity contribution in [2.24, 2.45) is 21.6 Å². The van der Waals surface area contributed by atoms with E-state index in [4.69, 9.17) is 11.5 Å². The number of hydrogen-bond donors (Lipinski definition) is 5. The first kappa shape index (κ1) is 22.2. The van der Waals surface area contributed by atoms with Crippen LogP contribution in [0.5, 0.6) is 0 Å². The SMILES string of the molecule is CCCCCCCN=C(N)NC(N)=NNC(=O)CCCCCNC. The fourth-order valence-corrected chi connectivity index (χ4v) is 2.06. The van der Waals surface area contributed by atoms with Crippen LogP contribution in [0.3, 0.4) is 0 Å². The van der Waals surface area contributed by atoms with Crippen LogP contribution in [-0.2, 0) is 4.79 Å². The topological polar surface area (TPSA) is 130 Å². The average Bonchev–Trinajstić information content (AvgIpc) is 2.56. The van der Waals surface area contributed by atoms with Gasteiger partial charge in [-0.25, -0.2) is 5.43 Å². The van der Waals surface area contributed by atoms with Crippen LogP contribution in [0.1, 0.15) is 64.7 Å². The summed E-state index contributed by atoms with van der Waals surface area (Å²) in [5, 5.41) is 9.48. The van der Waals surface area contributed by atoms with E-state index in [1.807, 2.05) is 7.05 Å². The van der Waals surface area contributed by atoms with Crippen molar-refractivity contribution in [2.45, 2.75) is 64.7 Å². The Hall–Kier alpha value is -1.83. The molecule has 8 nitrogen and oxygen atoms in total. The van der Waals surface area contributed by atoms with Crippen LogP contribution < -0.4 is 27.5 Å². The first-order valence-corrected chi connectivity index (χ1v) is 8.93. The van der Waals surface area contributed by atoms with Crippen LogP contribution in [0.2, 0.25) is 0 Å². The third kappa shape index (κ3) is 15.1. The Bertz CT molecular complexity index is 383. The number of carbonyl (C=O) groups is 1. The van der Waals surface area contributed by atoms with Gasteiger partial charge in [0.15, 0.2) is 5.96 Å². The number of guanidine groups is 2. The van der Waals surface area contributed by atoms with Gasteiger partial charge in [-0.3, -0.25) is 15.1 Å². The number of rotatable bonds is 13. The summed E-state index contributed by atoms with van der Waals surface area (Å²) in [4.78, 5) is 15.8. The zero-order chi connectivity index (χ0) is 18.0. The van der Waals surface area contributed by atoms with Gasteiger partial charge in [-0.05, 0) is 32.9 Å². The highest BCUT2D eigenvalue weighted by Crippen LogP contribution is 2.02. The number of hydrazone groups is 1. The molecular weight excluding hydrogens is 306 g/mol. The zero-order valence-corrected chi connectivity index (χ0v) is 15.2. The average molecular weight is 342 g/mol. The van der Waals surface area contributed by atoms with Crippen LogP contribution in [0.4, 0.5) is 0 Å². The van der Waals surface area contributed by atoms with Crippen molar-refractivity contribution >= 4 is 17.8 Å². The normalized spacial score (nSPS) is 12.2. The lowest BCUT2D eigenvalue weighted by Gasteiger charge is -2.05. The van der Waals surface area contributed by atoms with Gasteiger partial charge in [-0.2, -0.15) is 0 Å². The number of nitrogens with two attached hydrogens (primary N) is 2. The number of aliphatic imine (C=N–C) groups is 1. The molecular formula is C16H35N7O. The van der Waals surface area contributed by atoms with Gasteiger partial charge in [0.05, 0.1) is 0 Å². The van der Waals surface area contributed by atoms with E-state index in [-0.39, 0.29) is 17.8 Å². The van der Waals surface area contributed by atoms with Crippen LogP contribution in [0.15, 0.2) is 10.1 Å². The zero-order valence-electron chi connectivity index (χ0n) is 15.2. The lowest BCUT2D eigenvalue weighted by molar-refractivity contribution is -0.121. The lowest BCUT2D eigenvalue weighted by Crippen LogP contribution is -2.43. The summed E-state index contributed by atoms with van der Waals surface area (Å²) in [6.45, 7) is 3.81. The Morgan fingerprint density at radius 1 is 0.958 bits per heavy atom. The number of unbranched alkanes of at least 4 members (excludes halogenated alkanes) is 6. The lowest BCUT2D eigenvalue weighted by atomic mass is 10.2. The predicted octanol–water partition coefficient (Wildman–Crippen LogP) is 0.987. The van der Waals surface area contributed by atoms with Gasteiger partial charge in [0.2, 0.25) is 11.9 Å². The molecule has 0 aromatic rings. The molecule has 0 saturated carbocycles. The van der Waals surface area contributed by atoms with Gasteiger partial charge in [0, 0.05) is 13.0 Å². The highest BCUT2D eigenvalue weighted by atomic mass is 16.2. The summed E-state index contributed by atoms with van der Waals surface area (Å²) in [5.74, 6) is 0.0921. The minimum Gasteiger partial charge on any atom is -0.370 e. The van der Waals surface area contributed by atoms with Gasteiger partial charge in [-0.15, -0.1) is 5.10 Å². The molecule has 7 N–H and O–H groups in total. The van der Waals surface area contributed by atoms with E-state index in [0.29, 0.717) is 13.0 Å². The predicted molar refractivity (Wildman–Crippen MR) is 101 cm³/mol. The Morgan fingerprint density at radius 3 is 2.38 bits per heavy atom. The number of carbonyl (C=O) groups excluding carboxylic acids is 1. The smallest absolute Gasteiger partial charge is 0.240 e. The summed E-state index contributed by atoms with van der Waals surface area (Å²) < 4.78 is 0. The molecule has 140 valence electrons. The summed E-state index contributed by atoms with van der Waals surface area (Å²) >= 11 is 0. The molecule has 0 radical (unpaired) electrons. The minimum atomic E-state index is -0.157. The molecule has 0 aromatic carbocycles. The summed E-state index contributed by atoms with van der Waals surface area (Å²) in [6.07, 6.45) is 9.19. The third-order valence-corrected chi connectivity index (χ3v) is 3.43. The number of nitrogens with one attached hydrogen (secondary N) is 3. The standard InChI is InChI=1S/C16H35N7O/c1-3-4-5-6-10-13-20-15(17)21-16(18)23-22-14(24)11-8-7-9-12-19-2/h19H,3-13H2,1-2H3,(H,22,24)(H5,17,18,20,21,23). The second-order valence-corrected chi connectivity index (χ2v) is 5.75. The van der Waals surface area contributed by atoms with Gasteiger partial charge in [0.1, 0.15) is 0 Å². The Labute approximate surface area is 145 Å². The molecule has 0 rings (SSSR count). The third-order valence-electron chi connectivity index (χ3n) is 3.43. The quantitative estimate of drug-likeness (QED) is 0.148. The Kier molecular flexibility index (Phi) is 14.8. The highest BCUT2D eigenvalue weighted by molar-refractivity contribution is 5.97. The maximum Gasteiger partial charge on any atom is 0.240 e. The van der Waals surface area contributed by atoms with Crippen LogP contribution in [-0.4, -0.2) is 38.0 Å². The van der Waals surface area contributed by atoms with E-state index < -0.39 is 0 Å². The van der Waals surface area contributed by atoms with Gasteiger partial charge >= 0.3 is 0 Å². The maximum absolute atomic E-state index is 11.6. The van der Waals surface area contributed by atoms with Crippen LogP contribution in [0, 0.1) is 0 Å². The molecule has 0 aliphatic heterocycles. The number of amides is 1. The second kappa shape index (κ2) is 16.0. The van der Waals surface area contributed by atoms with Crippen molar-refractivity contribution in [2.75, 3.05) is 20.1 Å². The van der Waals surface area contributed by atoms with Crippen molar-refractivity contribution in [3.63, 3.8) is 0 Å². The van der Waals surface area contributed by atoms with Crippen LogP contribution >= 0.6 is 0 Å². The molecule has 0 aliphatic carbocycles. The molecule has 24 heavy (non-hydrogen) atoms. The Balaban J connectivity index is 3.81. The second-order valence-electron chi connectivity index (χ2n) is 5.75. The van der Waals surface area contributed by atoms with Crippen LogP contribution in [0.25, 0.3) is 0 Å². The van der Waals surface area contributed by atoms with Gasteiger partial charge in [0.25, 0.3) is 0 Å². The van der Waals surface area contributed by atoms with E-state index in [9.17, 15) is 4.79 Å². The van der Waals surface area contributed by atoms with Gasteiger partial charge < -0.3 is 16.8 Å². The molecule has 0 heterocycles. The van der Waals surface area contributed by atoms with E-state index in [1.165, 1.54) is 19.3 Å². The van der Waals surface area contributed by atoms with Crippen molar-refractivity contribution < 1.29 is 4.79 Å². The molecule has 0 spiro atoms. The molecule has 0 aliphatic rings. The van der Waals surface area contributed by atoms with E-state index in [1.54, 1.807) is 0 Å². The summed E-state index contributed by atoms with van der Waals surface area (Å²) in [5.41, 5.74) is 13.8. The monoisotopic (exact) mass is 341 g/mol. The Morgan fingerprint density at radius 2 is 1.67 bits per heavy atom. The molecule has 0 aromatic heterocycles. The fraction of sp³-hybridized carbons (Fsp3) is 0.812.